The summed E-state index contributed by atoms with van der Waals surface area (Å²) in [5.74, 6) is 0.528. The van der Waals surface area contributed by atoms with Gasteiger partial charge in [0.15, 0.2) is 0 Å². The molecule has 0 spiro atoms. The average molecular weight is 291 g/mol. The first kappa shape index (κ1) is 13.5. The van der Waals surface area contributed by atoms with E-state index < -0.39 is 0 Å². The Morgan fingerprint density at radius 1 is 1.40 bits per heavy atom. The van der Waals surface area contributed by atoms with Crippen LogP contribution in [0.25, 0.3) is 10.9 Å². The summed E-state index contributed by atoms with van der Waals surface area (Å²) in [6.45, 7) is 4.99. The highest BCUT2D eigenvalue weighted by atomic mass is 35.5. The molecule has 2 N–H and O–H groups in total. The van der Waals surface area contributed by atoms with Crippen molar-refractivity contribution < 1.29 is 4.79 Å². The lowest BCUT2D eigenvalue weighted by atomic mass is 9.91. The normalized spacial score (nSPS) is 19.0. The van der Waals surface area contributed by atoms with E-state index in [1.54, 1.807) is 0 Å². The van der Waals surface area contributed by atoms with Crippen molar-refractivity contribution in [2.24, 2.45) is 5.92 Å². The molecule has 20 heavy (non-hydrogen) atoms. The lowest BCUT2D eigenvalue weighted by Gasteiger charge is -2.16. The SMILES string of the molecule is CC(C)C[C@H]1C(=O)NCCc2c1[nH]c1ccc(Cl)cc21. The van der Waals surface area contributed by atoms with Crippen LogP contribution in [0.15, 0.2) is 18.2 Å². The lowest BCUT2D eigenvalue weighted by Crippen LogP contribution is -2.29. The molecule has 0 saturated heterocycles. The number of rotatable bonds is 2. The Bertz CT molecular complexity index is 660. The average Bonchev–Trinajstić information content (AvgIpc) is 2.66. The van der Waals surface area contributed by atoms with E-state index >= 15 is 0 Å². The zero-order chi connectivity index (χ0) is 14.3. The zero-order valence-electron chi connectivity index (χ0n) is 11.8. The number of fused-ring (bicyclic) bond motifs is 3. The third-order valence-electron chi connectivity index (χ3n) is 3.95. The van der Waals surface area contributed by atoms with E-state index in [0.717, 1.165) is 34.5 Å². The maximum absolute atomic E-state index is 12.3. The second-order valence-corrected chi connectivity index (χ2v) is 6.37. The van der Waals surface area contributed by atoms with Crippen LogP contribution in [0.3, 0.4) is 0 Å². The molecule has 1 amide bonds. The van der Waals surface area contributed by atoms with Crippen LogP contribution in [0, 0.1) is 5.92 Å². The molecule has 3 rings (SSSR count). The van der Waals surface area contributed by atoms with Crippen LogP contribution in [-0.4, -0.2) is 17.4 Å². The van der Waals surface area contributed by atoms with Crippen molar-refractivity contribution >= 4 is 28.4 Å². The molecule has 1 aliphatic rings. The van der Waals surface area contributed by atoms with Gasteiger partial charge >= 0.3 is 0 Å². The van der Waals surface area contributed by atoms with E-state index in [1.807, 2.05) is 18.2 Å². The van der Waals surface area contributed by atoms with Crippen LogP contribution >= 0.6 is 11.6 Å². The van der Waals surface area contributed by atoms with Gasteiger partial charge in [-0.15, -0.1) is 0 Å². The summed E-state index contributed by atoms with van der Waals surface area (Å²) in [6.07, 6.45) is 1.72. The smallest absolute Gasteiger partial charge is 0.229 e. The summed E-state index contributed by atoms with van der Waals surface area (Å²) in [6, 6.07) is 5.88. The van der Waals surface area contributed by atoms with Crippen molar-refractivity contribution in [1.82, 2.24) is 10.3 Å². The topological polar surface area (TPSA) is 44.9 Å². The minimum Gasteiger partial charge on any atom is -0.357 e. The number of hydrogen-bond acceptors (Lipinski definition) is 1. The Morgan fingerprint density at radius 3 is 2.95 bits per heavy atom. The molecule has 0 unspecified atom stereocenters. The van der Waals surface area contributed by atoms with Gasteiger partial charge in [0, 0.05) is 28.2 Å². The molecule has 1 aromatic carbocycles. The molecule has 1 aromatic heterocycles. The fourth-order valence-corrected chi connectivity index (χ4v) is 3.24. The molecule has 0 aliphatic carbocycles. The van der Waals surface area contributed by atoms with Gasteiger partial charge in [-0.25, -0.2) is 0 Å². The summed E-state index contributed by atoms with van der Waals surface area (Å²) < 4.78 is 0. The summed E-state index contributed by atoms with van der Waals surface area (Å²) in [5, 5.41) is 4.91. The van der Waals surface area contributed by atoms with E-state index in [9.17, 15) is 4.79 Å². The second kappa shape index (κ2) is 5.13. The number of halogens is 1. The predicted octanol–water partition coefficient (Wildman–Crippen LogP) is 3.62. The Labute approximate surface area is 123 Å². The Morgan fingerprint density at radius 2 is 2.20 bits per heavy atom. The van der Waals surface area contributed by atoms with Gasteiger partial charge < -0.3 is 10.3 Å². The molecule has 106 valence electrons. The molecule has 3 nitrogen and oxygen atoms in total. The van der Waals surface area contributed by atoms with E-state index in [4.69, 9.17) is 11.6 Å². The van der Waals surface area contributed by atoms with Crippen molar-refractivity contribution in [2.45, 2.75) is 32.6 Å². The molecular formula is C16H19ClN2O. The monoisotopic (exact) mass is 290 g/mol. The van der Waals surface area contributed by atoms with Crippen molar-refractivity contribution in [3.05, 3.63) is 34.5 Å². The van der Waals surface area contributed by atoms with Gasteiger partial charge in [0.05, 0.1) is 5.92 Å². The van der Waals surface area contributed by atoms with Crippen molar-refractivity contribution in [3.8, 4) is 0 Å². The summed E-state index contributed by atoms with van der Waals surface area (Å²) in [7, 11) is 0. The fourth-order valence-electron chi connectivity index (χ4n) is 3.07. The minimum absolute atomic E-state index is 0.0846. The van der Waals surface area contributed by atoms with Gasteiger partial charge in [-0.3, -0.25) is 4.79 Å². The van der Waals surface area contributed by atoms with Gasteiger partial charge in [0.2, 0.25) is 5.91 Å². The number of hydrogen-bond donors (Lipinski definition) is 2. The van der Waals surface area contributed by atoms with Crippen LogP contribution in [0.2, 0.25) is 5.02 Å². The molecule has 1 aliphatic heterocycles. The number of benzene rings is 1. The van der Waals surface area contributed by atoms with Crippen LogP contribution < -0.4 is 5.32 Å². The number of aromatic nitrogens is 1. The third kappa shape index (κ3) is 2.31. The first-order valence-electron chi connectivity index (χ1n) is 7.14. The molecular weight excluding hydrogens is 272 g/mol. The molecule has 0 bridgehead atoms. The highest BCUT2D eigenvalue weighted by Gasteiger charge is 2.29. The van der Waals surface area contributed by atoms with Gasteiger partial charge in [-0.05, 0) is 42.5 Å². The molecule has 1 atom stereocenters. The highest BCUT2D eigenvalue weighted by Crippen LogP contribution is 2.34. The minimum atomic E-state index is -0.0846. The number of H-pyrrole nitrogens is 1. The van der Waals surface area contributed by atoms with Crippen LogP contribution in [0.1, 0.15) is 37.4 Å². The summed E-state index contributed by atoms with van der Waals surface area (Å²) >= 11 is 6.11. The molecule has 0 fully saturated rings. The van der Waals surface area contributed by atoms with Gasteiger partial charge in [0.25, 0.3) is 0 Å². The molecule has 2 aromatic rings. The first-order valence-corrected chi connectivity index (χ1v) is 7.51. The number of aromatic amines is 1. The zero-order valence-corrected chi connectivity index (χ0v) is 12.6. The van der Waals surface area contributed by atoms with Crippen LogP contribution in [0.5, 0.6) is 0 Å². The molecule has 0 saturated carbocycles. The van der Waals surface area contributed by atoms with Gasteiger partial charge in [-0.1, -0.05) is 25.4 Å². The fraction of sp³-hybridized carbons (Fsp3) is 0.438. The number of carbonyl (C=O) groups is 1. The lowest BCUT2D eigenvalue weighted by molar-refractivity contribution is -0.122. The Hall–Kier alpha value is -1.48. The standard InChI is InChI=1S/C16H19ClN2O/c1-9(2)7-13-15-11(5-6-18-16(13)20)12-8-10(17)3-4-14(12)19-15/h3-4,8-9,13,19H,5-7H2,1-2H3,(H,18,20)/t13-/m1/s1. The third-order valence-corrected chi connectivity index (χ3v) is 4.18. The number of nitrogens with one attached hydrogen (secondary N) is 2. The molecule has 4 heteroatoms. The first-order chi connectivity index (χ1) is 9.56. The molecule has 2 heterocycles. The second-order valence-electron chi connectivity index (χ2n) is 5.93. The van der Waals surface area contributed by atoms with E-state index in [1.165, 1.54) is 5.56 Å². The van der Waals surface area contributed by atoms with Crippen molar-refractivity contribution in [2.75, 3.05) is 6.54 Å². The number of amides is 1. The Kier molecular flexibility index (Phi) is 3.47. The maximum Gasteiger partial charge on any atom is 0.229 e. The van der Waals surface area contributed by atoms with Gasteiger partial charge in [-0.2, -0.15) is 0 Å². The summed E-state index contributed by atoms with van der Waals surface area (Å²) in [5.41, 5.74) is 3.39. The van der Waals surface area contributed by atoms with E-state index in [-0.39, 0.29) is 11.8 Å². The van der Waals surface area contributed by atoms with Crippen LogP contribution in [0.4, 0.5) is 0 Å². The van der Waals surface area contributed by atoms with E-state index in [0.29, 0.717) is 12.5 Å². The van der Waals surface area contributed by atoms with Crippen LogP contribution in [-0.2, 0) is 11.2 Å². The maximum atomic E-state index is 12.3. The quantitative estimate of drug-likeness (QED) is 0.872. The predicted molar refractivity (Wildman–Crippen MR) is 82.2 cm³/mol. The summed E-state index contributed by atoms with van der Waals surface area (Å²) in [4.78, 5) is 15.7. The van der Waals surface area contributed by atoms with Crippen molar-refractivity contribution in [3.63, 3.8) is 0 Å². The largest absolute Gasteiger partial charge is 0.357 e. The Balaban J connectivity index is 2.16. The van der Waals surface area contributed by atoms with E-state index in [2.05, 4.69) is 24.1 Å². The molecule has 0 radical (unpaired) electrons. The van der Waals surface area contributed by atoms with Crippen molar-refractivity contribution in [1.29, 1.82) is 0 Å². The highest BCUT2D eigenvalue weighted by molar-refractivity contribution is 6.31. The number of carbonyl (C=O) groups excluding carboxylic acids is 1. The van der Waals surface area contributed by atoms with Gasteiger partial charge in [0.1, 0.15) is 0 Å².